The Bertz CT molecular complexity index is 1270. The van der Waals surface area contributed by atoms with Gasteiger partial charge in [0.15, 0.2) is 0 Å². The zero-order chi connectivity index (χ0) is 25.8. The summed E-state index contributed by atoms with van der Waals surface area (Å²) in [6, 6.07) is 18.7. The van der Waals surface area contributed by atoms with Crippen molar-refractivity contribution in [1.29, 1.82) is 0 Å². The standard InChI is InChI=1S/C27H31FN2O4S/c1-19(20-10-12-21(13-11-20)27(2,3)4)29-26(31)18-30(25-9-7-6-8-24(25)28)35(32,33)23-16-14-22(34-5)15-17-23/h6-17,19H,18H2,1-5H3,(H,29,31). The summed E-state index contributed by atoms with van der Waals surface area (Å²) in [5, 5.41) is 2.83. The first-order valence-corrected chi connectivity index (χ1v) is 12.7. The fourth-order valence-electron chi connectivity index (χ4n) is 3.60. The fraction of sp³-hybridized carbons (Fsp3) is 0.296. The Labute approximate surface area is 206 Å². The maximum absolute atomic E-state index is 14.7. The van der Waals surface area contributed by atoms with Crippen LogP contribution in [0.1, 0.15) is 44.9 Å². The van der Waals surface area contributed by atoms with Crippen molar-refractivity contribution in [3.8, 4) is 5.75 Å². The number of benzene rings is 3. The molecule has 186 valence electrons. The molecule has 0 heterocycles. The minimum atomic E-state index is -4.24. The van der Waals surface area contributed by atoms with E-state index < -0.39 is 28.3 Å². The van der Waals surface area contributed by atoms with Gasteiger partial charge in [-0.2, -0.15) is 0 Å². The first-order chi connectivity index (χ1) is 16.4. The molecule has 0 radical (unpaired) electrons. The average molecular weight is 499 g/mol. The fourth-order valence-corrected chi connectivity index (χ4v) is 5.03. The normalized spacial score (nSPS) is 12.6. The first kappa shape index (κ1) is 26.2. The van der Waals surface area contributed by atoms with Gasteiger partial charge in [-0.3, -0.25) is 9.10 Å². The second-order valence-electron chi connectivity index (χ2n) is 9.30. The van der Waals surface area contributed by atoms with Crippen LogP contribution in [0.2, 0.25) is 0 Å². The molecule has 1 unspecified atom stereocenters. The van der Waals surface area contributed by atoms with E-state index in [1.807, 2.05) is 31.2 Å². The molecule has 35 heavy (non-hydrogen) atoms. The average Bonchev–Trinajstić information content (AvgIpc) is 2.82. The number of rotatable bonds is 8. The minimum Gasteiger partial charge on any atom is -0.497 e. The molecule has 3 aromatic rings. The summed E-state index contributed by atoms with van der Waals surface area (Å²) < 4.78 is 47.4. The van der Waals surface area contributed by atoms with Crippen LogP contribution in [0.3, 0.4) is 0 Å². The van der Waals surface area contributed by atoms with Crippen molar-refractivity contribution >= 4 is 21.6 Å². The zero-order valence-electron chi connectivity index (χ0n) is 20.6. The van der Waals surface area contributed by atoms with E-state index in [2.05, 4.69) is 26.1 Å². The van der Waals surface area contributed by atoms with E-state index >= 15 is 0 Å². The molecule has 1 amide bonds. The number of hydrogen-bond donors (Lipinski definition) is 1. The maximum Gasteiger partial charge on any atom is 0.264 e. The van der Waals surface area contributed by atoms with Crippen molar-refractivity contribution in [2.24, 2.45) is 0 Å². The number of halogens is 1. The Morgan fingerprint density at radius 1 is 1.00 bits per heavy atom. The molecule has 0 aromatic heterocycles. The molecule has 0 spiro atoms. The van der Waals surface area contributed by atoms with Crippen LogP contribution in [0, 0.1) is 5.82 Å². The van der Waals surface area contributed by atoms with E-state index in [1.165, 1.54) is 49.6 Å². The summed E-state index contributed by atoms with van der Waals surface area (Å²) in [5.41, 5.74) is 1.83. The Morgan fingerprint density at radius 2 is 1.60 bits per heavy atom. The second-order valence-corrected chi connectivity index (χ2v) is 11.2. The summed E-state index contributed by atoms with van der Waals surface area (Å²) in [7, 11) is -2.77. The smallest absolute Gasteiger partial charge is 0.264 e. The van der Waals surface area contributed by atoms with E-state index in [0.29, 0.717) is 5.75 Å². The third kappa shape index (κ3) is 6.19. The molecule has 0 aliphatic carbocycles. The molecular weight excluding hydrogens is 467 g/mol. The van der Waals surface area contributed by atoms with Crippen LogP contribution in [-0.2, 0) is 20.2 Å². The highest BCUT2D eigenvalue weighted by molar-refractivity contribution is 7.92. The Morgan fingerprint density at radius 3 is 2.14 bits per heavy atom. The molecule has 0 saturated carbocycles. The third-order valence-corrected chi connectivity index (χ3v) is 7.48. The number of para-hydroxylation sites is 1. The molecule has 3 aromatic carbocycles. The van der Waals surface area contributed by atoms with Gasteiger partial charge >= 0.3 is 0 Å². The number of carbonyl (C=O) groups is 1. The zero-order valence-corrected chi connectivity index (χ0v) is 21.4. The van der Waals surface area contributed by atoms with Gasteiger partial charge in [-0.1, -0.05) is 57.2 Å². The highest BCUT2D eigenvalue weighted by Gasteiger charge is 2.29. The van der Waals surface area contributed by atoms with Gasteiger partial charge < -0.3 is 10.1 Å². The van der Waals surface area contributed by atoms with Gasteiger partial charge in [0.1, 0.15) is 18.1 Å². The number of ether oxygens (including phenoxy) is 1. The molecule has 0 saturated heterocycles. The summed E-state index contributed by atoms with van der Waals surface area (Å²) in [4.78, 5) is 12.9. The quantitative estimate of drug-likeness (QED) is 0.463. The van der Waals surface area contributed by atoms with Crippen molar-refractivity contribution in [3.05, 3.63) is 89.7 Å². The van der Waals surface area contributed by atoms with Crippen molar-refractivity contribution < 1.29 is 22.3 Å². The Kier molecular flexibility index (Phi) is 7.85. The van der Waals surface area contributed by atoms with Gasteiger partial charge in [0.25, 0.3) is 10.0 Å². The summed E-state index contributed by atoms with van der Waals surface area (Å²) in [5.74, 6) is -0.827. The number of nitrogens with one attached hydrogen (secondary N) is 1. The van der Waals surface area contributed by atoms with Crippen molar-refractivity contribution in [2.45, 2.75) is 44.0 Å². The van der Waals surface area contributed by atoms with Gasteiger partial charge in [-0.05, 0) is 59.9 Å². The summed E-state index contributed by atoms with van der Waals surface area (Å²) in [6.45, 7) is 7.59. The molecule has 0 bridgehead atoms. The number of carbonyl (C=O) groups excluding carboxylic acids is 1. The Hall–Kier alpha value is -3.39. The van der Waals surface area contributed by atoms with E-state index in [-0.39, 0.29) is 22.0 Å². The van der Waals surface area contributed by atoms with Crippen LogP contribution in [-0.4, -0.2) is 28.0 Å². The monoisotopic (exact) mass is 498 g/mol. The largest absolute Gasteiger partial charge is 0.497 e. The lowest BCUT2D eigenvalue weighted by molar-refractivity contribution is -0.120. The van der Waals surface area contributed by atoms with Gasteiger partial charge in [0.2, 0.25) is 5.91 Å². The van der Waals surface area contributed by atoms with Gasteiger partial charge in [-0.15, -0.1) is 0 Å². The maximum atomic E-state index is 14.7. The number of sulfonamides is 1. The lowest BCUT2D eigenvalue weighted by atomic mass is 9.86. The molecule has 3 rings (SSSR count). The van der Waals surface area contributed by atoms with Crippen LogP contribution in [0.25, 0.3) is 0 Å². The van der Waals surface area contributed by atoms with Crippen LogP contribution in [0.5, 0.6) is 5.75 Å². The molecule has 8 heteroatoms. The molecule has 0 aliphatic heterocycles. The van der Waals surface area contributed by atoms with Crippen LogP contribution in [0.4, 0.5) is 10.1 Å². The number of nitrogens with zero attached hydrogens (tertiary/aromatic N) is 1. The van der Waals surface area contributed by atoms with E-state index in [1.54, 1.807) is 0 Å². The first-order valence-electron chi connectivity index (χ1n) is 11.2. The Balaban J connectivity index is 1.86. The SMILES string of the molecule is COc1ccc(S(=O)(=O)N(CC(=O)NC(C)c2ccc(C(C)(C)C)cc2)c2ccccc2F)cc1. The number of amides is 1. The lowest BCUT2D eigenvalue weighted by Crippen LogP contribution is -2.42. The highest BCUT2D eigenvalue weighted by atomic mass is 32.2. The van der Waals surface area contributed by atoms with E-state index in [4.69, 9.17) is 4.74 Å². The van der Waals surface area contributed by atoms with Crippen molar-refractivity contribution in [2.75, 3.05) is 18.0 Å². The van der Waals surface area contributed by atoms with Crippen molar-refractivity contribution in [3.63, 3.8) is 0 Å². The minimum absolute atomic E-state index is 0.00108. The number of hydrogen-bond acceptors (Lipinski definition) is 4. The number of anilines is 1. The second kappa shape index (κ2) is 10.5. The molecule has 0 fully saturated rings. The predicted molar refractivity (Wildman–Crippen MR) is 136 cm³/mol. The van der Waals surface area contributed by atoms with E-state index in [0.717, 1.165) is 21.5 Å². The van der Waals surface area contributed by atoms with E-state index in [9.17, 15) is 17.6 Å². The summed E-state index contributed by atoms with van der Waals surface area (Å²) in [6.07, 6.45) is 0. The molecule has 1 atom stereocenters. The van der Waals surface area contributed by atoms with Crippen LogP contribution in [0.15, 0.2) is 77.7 Å². The summed E-state index contributed by atoms with van der Waals surface area (Å²) >= 11 is 0. The lowest BCUT2D eigenvalue weighted by Gasteiger charge is -2.25. The topological polar surface area (TPSA) is 75.7 Å². The van der Waals surface area contributed by atoms with Gasteiger partial charge in [0, 0.05) is 0 Å². The molecule has 0 aliphatic rings. The van der Waals surface area contributed by atoms with Gasteiger partial charge in [0.05, 0.1) is 23.7 Å². The molecular formula is C27H31FN2O4S. The van der Waals surface area contributed by atoms with Crippen molar-refractivity contribution in [1.82, 2.24) is 5.32 Å². The molecule has 1 N–H and O–H groups in total. The van der Waals surface area contributed by atoms with Crippen LogP contribution >= 0.6 is 0 Å². The number of methoxy groups -OCH3 is 1. The predicted octanol–water partition coefficient (Wildman–Crippen LogP) is 5.20. The molecule has 6 nitrogen and oxygen atoms in total. The highest BCUT2D eigenvalue weighted by Crippen LogP contribution is 2.28. The van der Waals surface area contributed by atoms with Gasteiger partial charge in [-0.25, -0.2) is 12.8 Å². The van der Waals surface area contributed by atoms with Crippen LogP contribution < -0.4 is 14.4 Å². The third-order valence-electron chi connectivity index (χ3n) is 5.71.